The van der Waals surface area contributed by atoms with Gasteiger partial charge in [0.1, 0.15) is 17.9 Å². The van der Waals surface area contributed by atoms with Gasteiger partial charge in [0.25, 0.3) is 0 Å². The van der Waals surface area contributed by atoms with E-state index in [1.807, 2.05) is 17.6 Å². The van der Waals surface area contributed by atoms with E-state index in [0.717, 1.165) is 17.5 Å². The maximum atomic E-state index is 12.3. The second-order valence-corrected chi connectivity index (χ2v) is 7.03. The molecule has 2 atom stereocenters. The molecule has 0 saturated heterocycles. The predicted octanol–water partition coefficient (Wildman–Crippen LogP) is 3.96. The van der Waals surface area contributed by atoms with E-state index in [-0.39, 0.29) is 17.5 Å². The zero-order chi connectivity index (χ0) is 19.7. The molecule has 0 spiro atoms. The van der Waals surface area contributed by atoms with Crippen molar-refractivity contribution in [3.05, 3.63) is 50.8 Å². The highest BCUT2D eigenvalue weighted by Crippen LogP contribution is 2.46. The Bertz CT molecular complexity index is 937. The molecule has 7 heteroatoms. The van der Waals surface area contributed by atoms with Gasteiger partial charge in [-0.3, -0.25) is 4.79 Å². The van der Waals surface area contributed by atoms with Crippen LogP contribution in [0.3, 0.4) is 0 Å². The highest BCUT2D eigenvalue weighted by Gasteiger charge is 2.31. The fourth-order valence-electron chi connectivity index (χ4n) is 3.71. The van der Waals surface area contributed by atoms with Crippen LogP contribution in [0.1, 0.15) is 48.1 Å². The normalized spacial score (nSPS) is 17.9. The number of rotatable bonds is 6. The molecule has 0 fully saturated rings. The molecule has 2 aromatic rings. The number of hydrogen-bond acceptors (Lipinski definition) is 4. The number of hydrogen-bond donors (Lipinski definition) is 1. The molecule has 1 N–H and O–H groups in total. The minimum atomic E-state index is -1.22. The summed E-state index contributed by atoms with van der Waals surface area (Å²) in [5.74, 6) is -0.542. The van der Waals surface area contributed by atoms with Gasteiger partial charge in [-0.25, -0.2) is 4.79 Å². The predicted molar refractivity (Wildman–Crippen MR) is 103 cm³/mol. The van der Waals surface area contributed by atoms with Gasteiger partial charge in [-0.1, -0.05) is 25.4 Å². The Morgan fingerprint density at radius 3 is 2.67 bits per heavy atom. The van der Waals surface area contributed by atoms with Crippen molar-refractivity contribution in [3.63, 3.8) is 0 Å². The number of ether oxygens (including phenoxy) is 2. The average molecular weight is 392 g/mol. The van der Waals surface area contributed by atoms with Gasteiger partial charge in [0.2, 0.25) is 0 Å². The van der Waals surface area contributed by atoms with Crippen LogP contribution in [0.15, 0.2) is 29.2 Å². The van der Waals surface area contributed by atoms with Gasteiger partial charge in [0.05, 0.1) is 17.3 Å². The lowest BCUT2D eigenvalue weighted by molar-refractivity contribution is 0.0694. The van der Waals surface area contributed by atoms with Crippen molar-refractivity contribution in [1.29, 1.82) is 0 Å². The Morgan fingerprint density at radius 2 is 2.04 bits per heavy atom. The minimum Gasteiger partial charge on any atom is -0.490 e. The smallest absolute Gasteiger partial charge is 0.341 e. The van der Waals surface area contributed by atoms with Crippen LogP contribution >= 0.6 is 11.6 Å². The van der Waals surface area contributed by atoms with Crippen LogP contribution in [0.5, 0.6) is 5.75 Å². The van der Waals surface area contributed by atoms with Crippen molar-refractivity contribution >= 4 is 17.6 Å². The number of pyridine rings is 1. The van der Waals surface area contributed by atoms with Gasteiger partial charge < -0.3 is 19.1 Å². The Kier molecular flexibility index (Phi) is 5.58. The van der Waals surface area contributed by atoms with Crippen LogP contribution in [-0.4, -0.2) is 36.0 Å². The van der Waals surface area contributed by atoms with Crippen molar-refractivity contribution in [2.24, 2.45) is 0 Å². The van der Waals surface area contributed by atoms with Crippen molar-refractivity contribution < 1.29 is 19.4 Å². The number of carbonyl (C=O) groups is 1. The third-order valence-corrected chi connectivity index (χ3v) is 5.37. The molecule has 1 aromatic heterocycles. The maximum Gasteiger partial charge on any atom is 0.341 e. The molecule has 0 bridgehead atoms. The van der Waals surface area contributed by atoms with Crippen LogP contribution in [0.25, 0.3) is 11.3 Å². The first-order chi connectivity index (χ1) is 12.9. The largest absolute Gasteiger partial charge is 0.490 e. The molecule has 0 radical (unpaired) electrons. The van der Waals surface area contributed by atoms with Gasteiger partial charge in [-0.15, -0.1) is 0 Å². The van der Waals surface area contributed by atoms with E-state index in [9.17, 15) is 14.7 Å². The molecule has 6 nitrogen and oxygen atoms in total. The Labute approximate surface area is 162 Å². The molecule has 2 heterocycles. The second-order valence-electron chi connectivity index (χ2n) is 6.62. The molecular weight excluding hydrogens is 370 g/mol. The number of fused-ring (bicyclic) bond motifs is 3. The number of halogens is 1. The molecule has 0 amide bonds. The lowest BCUT2D eigenvalue weighted by Gasteiger charge is -2.35. The molecule has 1 aliphatic rings. The highest BCUT2D eigenvalue weighted by atomic mass is 35.5. The summed E-state index contributed by atoms with van der Waals surface area (Å²) in [6.45, 7) is 4.97. The number of aromatic carboxylic acids is 1. The van der Waals surface area contributed by atoms with Crippen molar-refractivity contribution in [3.8, 4) is 17.0 Å². The van der Waals surface area contributed by atoms with Gasteiger partial charge in [-0.2, -0.15) is 0 Å². The van der Waals surface area contributed by atoms with E-state index >= 15 is 0 Å². The number of benzene rings is 1. The fourth-order valence-corrected chi connectivity index (χ4v) is 3.93. The van der Waals surface area contributed by atoms with Crippen LogP contribution < -0.4 is 10.2 Å². The van der Waals surface area contributed by atoms with E-state index in [1.165, 1.54) is 12.3 Å². The van der Waals surface area contributed by atoms with E-state index in [4.69, 9.17) is 21.1 Å². The molecule has 1 aliphatic heterocycles. The highest BCUT2D eigenvalue weighted by molar-refractivity contribution is 6.32. The number of aromatic nitrogens is 1. The Morgan fingerprint density at radius 1 is 1.30 bits per heavy atom. The van der Waals surface area contributed by atoms with Crippen molar-refractivity contribution in [1.82, 2.24) is 4.57 Å². The summed E-state index contributed by atoms with van der Waals surface area (Å²) in [6, 6.07) is 5.12. The summed E-state index contributed by atoms with van der Waals surface area (Å²) in [7, 11) is 1.60. The maximum absolute atomic E-state index is 12.3. The molecule has 144 valence electrons. The molecule has 3 rings (SSSR count). The van der Waals surface area contributed by atoms with Crippen LogP contribution in [0.4, 0.5) is 0 Å². The fraction of sp³-hybridized carbons (Fsp3) is 0.400. The van der Waals surface area contributed by atoms with Crippen LogP contribution in [-0.2, 0) is 4.74 Å². The van der Waals surface area contributed by atoms with E-state index in [0.29, 0.717) is 29.7 Å². The second kappa shape index (κ2) is 7.74. The topological polar surface area (TPSA) is 77.8 Å². The third-order valence-electron chi connectivity index (χ3n) is 5.08. The molecule has 0 saturated carbocycles. The summed E-state index contributed by atoms with van der Waals surface area (Å²) >= 11 is 6.40. The third kappa shape index (κ3) is 3.47. The average Bonchev–Trinajstić information content (AvgIpc) is 2.63. The number of carboxylic acids is 1. The van der Waals surface area contributed by atoms with Gasteiger partial charge >= 0.3 is 5.97 Å². The molecule has 0 aliphatic carbocycles. The molecular formula is C20H22ClNO5. The van der Waals surface area contributed by atoms with E-state index in [2.05, 4.69) is 6.92 Å². The quantitative estimate of drug-likeness (QED) is 0.754. The summed E-state index contributed by atoms with van der Waals surface area (Å²) in [4.78, 5) is 23.7. The lowest BCUT2D eigenvalue weighted by Crippen LogP contribution is -2.27. The van der Waals surface area contributed by atoms with E-state index in [1.54, 1.807) is 13.2 Å². The first-order valence-corrected chi connectivity index (χ1v) is 9.21. The van der Waals surface area contributed by atoms with Crippen molar-refractivity contribution in [2.75, 3.05) is 20.3 Å². The first kappa shape index (κ1) is 19.5. The molecule has 1 aromatic carbocycles. The summed E-state index contributed by atoms with van der Waals surface area (Å²) in [5.41, 5.74) is 1.79. The number of carboxylic acid groups (broad SMARTS) is 1. The van der Waals surface area contributed by atoms with Gasteiger partial charge in [0.15, 0.2) is 5.43 Å². The van der Waals surface area contributed by atoms with Crippen molar-refractivity contribution in [2.45, 2.75) is 32.2 Å². The molecule has 27 heavy (non-hydrogen) atoms. The monoisotopic (exact) mass is 391 g/mol. The van der Waals surface area contributed by atoms with Crippen LogP contribution in [0, 0.1) is 0 Å². The Balaban J connectivity index is 2.18. The number of nitrogens with zero attached hydrogens (tertiary/aromatic N) is 1. The molecule has 1 unspecified atom stereocenters. The number of methoxy groups -OCH3 is 1. The minimum absolute atomic E-state index is 0.0270. The Hall–Kier alpha value is -2.31. The zero-order valence-corrected chi connectivity index (χ0v) is 16.2. The van der Waals surface area contributed by atoms with Crippen LogP contribution in [0.2, 0.25) is 5.02 Å². The summed E-state index contributed by atoms with van der Waals surface area (Å²) < 4.78 is 12.6. The lowest BCUT2D eigenvalue weighted by atomic mass is 9.83. The zero-order valence-electron chi connectivity index (χ0n) is 15.5. The van der Waals surface area contributed by atoms with Gasteiger partial charge in [0, 0.05) is 36.9 Å². The summed E-state index contributed by atoms with van der Waals surface area (Å²) in [6.07, 6.45) is 2.24. The summed E-state index contributed by atoms with van der Waals surface area (Å²) in [5, 5.41) is 9.75. The first-order valence-electron chi connectivity index (χ1n) is 8.84. The van der Waals surface area contributed by atoms with Gasteiger partial charge in [-0.05, 0) is 24.1 Å². The SMILES string of the molecule is CCC1[C@H](C)c2cc(OCCOC)c(Cl)cc2-c2cc(=O)c(C(=O)O)cn21. The standard InChI is InChI=1S/C20H22ClNO5/c1-4-16-11(2)12-8-19(27-6-5-26-3)15(21)7-13(12)17-9-18(23)14(20(24)25)10-22(16)17/h7-11,16H,4-6H2,1-3H3,(H,24,25)/t11-,16?/m1/s1. The van der Waals surface area contributed by atoms with E-state index < -0.39 is 11.4 Å².